The Bertz CT molecular complexity index is 335. The molecule has 2 N–H and O–H groups in total. The molecule has 1 rings (SSSR count). The van der Waals surface area contributed by atoms with E-state index in [1.807, 2.05) is 26.0 Å². The summed E-state index contributed by atoms with van der Waals surface area (Å²) in [6.07, 6.45) is 5.11. The maximum atomic E-state index is 4.99. The molecule has 1 aromatic heterocycles. The summed E-state index contributed by atoms with van der Waals surface area (Å²) < 4.78 is 0. The van der Waals surface area contributed by atoms with Crippen molar-refractivity contribution in [2.45, 2.75) is 19.9 Å². The predicted molar refractivity (Wildman–Crippen MR) is 65.8 cm³/mol. The minimum absolute atomic E-state index is 0.304. The monoisotopic (exact) mass is 222 g/mol. The molecule has 0 aliphatic rings. The molecule has 5 heteroatoms. The van der Waals surface area contributed by atoms with Crippen molar-refractivity contribution >= 4 is 23.5 Å². The van der Waals surface area contributed by atoms with E-state index in [2.05, 4.69) is 20.8 Å². The fourth-order valence-electron chi connectivity index (χ4n) is 0.912. The quantitative estimate of drug-likeness (QED) is 0.459. The minimum atomic E-state index is 0.304. The fourth-order valence-corrected chi connectivity index (χ4v) is 1.20. The van der Waals surface area contributed by atoms with E-state index in [1.165, 1.54) is 0 Å². The van der Waals surface area contributed by atoms with Crippen LogP contribution in [-0.4, -0.2) is 22.4 Å². The number of rotatable bonds is 3. The Morgan fingerprint density at radius 1 is 1.60 bits per heavy atom. The second kappa shape index (κ2) is 6.08. The molecule has 0 bridgehead atoms. The third-order valence-corrected chi connectivity index (χ3v) is 1.69. The predicted octanol–water partition coefficient (Wildman–Crippen LogP) is 1.29. The second-order valence-corrected chi connectivity index (χ2v) is 3.69. The number of hydrazone groups is 1. The van der Waals surface area contributed by atoms with E-state index in [4.69, 9.17) is 12.2 Å². The molecule has 0 aliphatic carbocycles. The summed E-state index contributed by atoms with van der Waals surface area (Å²) in [5.41, 5.74) is 3.65. The third kappa shape index (κ3) is 5.07. The van der Waals surface area contributed by atoms with Crippen molar-refractivity contribution in [2.75, 3.05) is 0 Å². The fraction of sp³-hybridized carbons (Fsp3) is 0.300. The van der Waals surface area contributed by atoms with Crippen molar-refractivity contribution in [1.82, 2.24) is 15.7 Å². The molecule has 4 nitrogen and oxygen atoms in total. The molecular formula is C10H14N4S. The highest BCUT2D eigenvalue weighted by atomic mass is 32.1. The molecule has 0 spiro atoms. The van der Waals surface area contributed by atoms with Gasteiger partial charge in [-0.05, 0) is 32.1 Å². The van der Waals surface area contributed by atoms with Crippen LogP contribution in [0.25, 0.3) is 0 Å². The Labute approximate surface area is 94.8 Å². The van der Waals surface area contributed by atoms with E-state index in [1.54, 1.807) is 18.6 Å². The molecule has 15 heavy (non-hydrogen) atoms. The third-order valence-electron chi connectivity index (χ3n) is 1.48. The van der Waals surface area contributed by atoms with Crippen LogP contribution < -0.4 is 10.7 Å². The smallest absolute Gasteiger partial charge is 0.187 e. The topological polar surface area (TPSA) is 49.3 Å². The zero-order chi connectivity index (χ0) is 11.1. The van der Waals surface area contributed by atoms with E-state index in [-0.39, 0.29) is 0 Å². The first-order chi connectivity index (χ1) is 7.18. The van der Waals surface area contributed by atoms with Crippen LogP contribution in [0.5, 0.6) is 0 Å². The molecule has 0 radical (unpaired) electrons. The number of pyridine rings is 1. The van der Waals surface area contributed by atoms with Crippen LogP contribution in [0.3, 0.4) is 0 Å². The first-order valence-corrected chi connectivity index (χ1v) is 5.09. The largest absolute Gasteiger partial charge is 0.359 e. The lowest BCUT2D eigenvalue weighted by molar-refractivity contribution is 0.720. The lowest BCUT2D eigenvalue weighted by Crippen LogP contribution is -2.36. The van der Waals surface area contributed by atoms with Gasteiger partial charge in [-0.1, -0.05) is 6.07 Å². The van der Waals surface area contributed by atoms with Crippen molar-refractivity contribution in [3.05, 3.63) is 30.1 Å². The summed E-state index contributed by atoms with van der Waals surface area (Å²) in [4.78, 5) is 3.96. The lowest BCUT2D eigenvalue weighted by Gasteiger charge is -2.09. The average molecular weight is 222 g/mol. The van der Waals surface area contributed by atoms with Gasteiger partial charge in [-0.15, -0.1) is 0 Å². The Balaban J connectivity index is 2.37. The highest BCUT2D eigenvalue weighted by Gasteiger charge is 1.94. The highest BCUT2D eigenvalue weighted by Crippen LogP contribution is 1.89. The van der Waals surface area contributed by atoms with Gasteiger partial charge in [-0.25, -0.2) is 0 Å². The molecule has 0 fully saturated rings. The van der Waals surface area contributed by atoms with Gasteiger partial charge in [0.2, 0.25) is 0 Å². The Kier molecular flexibility index (Phi) is 4.70. The number of nitrogens with one attached hydrogen (secondary N) is 2. The molecule has 0 aromatic carbocycles. The van der Waals surface area contributed by atoms with Crippen LogP contribution in [0.1, 0.15) is 19.4 Å². The summed E-state index contributed by atoms with van der Waals surface area (Å²) in [5.74, 6) is 0. The van der Waals surface area contributed by atoms with Crippen LogP contribution in [0.4, 0.5) is 0 Å². The first-order valence-electron chi connectivity index (χ1n) is 4.68. The van der Waals surface area contributed by atoms with Crippen molar-refractivity contribution in [2.24, 2.45) is 5.10 Å². The van der Waals surface area contributed by atoms with E-state index < -0.39 is 0 Å². The van der Waals surface area contributed by atoms with Gasteiger partial charge < -0.3 is 5.32 Å². The van der Waals surface area contributed by atoms with Crippen LogP contribution in [0.2, 0.25) is 0 Å². The van der Waals surface area contributed by atoms with Crippen molar-refractivity contribution in [1.29, 1.82) is 0 Å². The zero-order valence-electron chi connectivity index (χ0n) is 8.77. The summed E-state index contributed by atoms with van der Waals surface area (Å²) in [6.45, 7) is 4.03. The van der Waals surface area contributed by atoms with Gasteiger partial charge in [0.1, 0.15) is 0 Å². The minimum Gasteiger partial charge on any atom is -0.359 e. The summed E-state index contributed by atoms with van der Waals surface area (Å²) in [5, 5.41) is 7.51. The normalized spacial score (nSPS) is 10.6. The maximum absolute atomic E-state index is 4.99. The standard InChI is InChI=1S/C10H14N4S/c1-8(2)13-10(15)14-12-7-9-4-3-5-11-6-9/h3-8H,1-2H3,(H2,13,14,15)/b12-7-. The Morgan fingerprint density at radius 3 is 3.00 bits per heavy atom. The van der Waals surface area contributed by atoms with Crippen LogP contribution >= 0.6 is 12.2 Å². The molecule has 1 aromatic rings. The van der Waals surface area contributed by atoms with Gasteiger partial charge in [-0.3, -0.25) is 10.4 Å². The molecule has 80 valence electrons. The Hall–Kier alpha value is -1.49. The van der Waals surface area contributed by atoms with Crippen molar-refractivity contribution < 1.29 is 0 Å². The molecular weight excluding hydrogens is 208 g/mol. The van der Waals surface area contributed by atoms with Crippen molar-refractivity contribution in [3.8, 4) is 0 Å². The van der Waals surface area contributed by atoms with Gasteiger partial charge in [0, 0.05) is 24.0 Å². The first kappa shape index (κ1) is 11.6. The number of thiocarbonyl (C=S) groups is 1. The molecule has 1 heterocycles. The van der Waals surface area contributed by atoms with Gasteiger partial charge in [0.25, 0.3) is 0 Å². The van der Waals surface area contributed by atoms with Crippen LogP contribution in [0.15, 0.2) is 29.6 Å². The van der Waals surface area contributed by atoms with Gasteiger partial charge in [-0.2, -0.15) is 5.10 Å². The summed E-state index contributed by atoms with van der Waals surface area (Å²) in [7, 11) is 0. The number of hydrogen-bond donors (Lipinski definition) is 2. The highest BCUT2D eigenvalue weighted by molar-refractivity contribution is 7.80. The summed E-state index contributed by atoms with van der Waals surface area (Å²) >= 11 is 4.99. The molecule has 0 saturated heterocycles. The van der Waals surface area contributed by atoms with Gasteiger partial charge in [0.15, 0.2) is 5.11 Å². The van der Waals surface area contributed by atoms with Crippen LogP contribution in [-0.2, 0) is 0 Å². The van der Waals surface area contributed by atoms with Gasteiger partial charge in [0.05, 0.1) is 6.21 Å². The van der Waals surface area contributed by atoms with Crippen LogP contribution in [0, 0.1) is 0 Å². The summed E-state index contributed by atoms with van der Waals surface area (Å²) in [6, 6.07) is 4.07. The van der Waals surface area contributed by atoms with Crippen molar-refractivity contribution in [3.63, 3.8) is 0 Å². The molecule has 0 amide bonds. The Morgan fingerprint density at radius 2 is 2.40 bits per heavy atom. The van der Waals surface area contributed by atoms with E-state index in [9.17, 15) is 0 Å². The van der Waals surface area contributed by atoms with Gasteiger partial charge >= 0.3 is 0 Å². The molecule has 0 aliphatic heterocycles. The molecule has 0 saturated carbocycles. The molecule has 0 unspecified atom stereocenters. The zero-order valence-corrected chi connectivity index (χ0v) is 9.58. The number of nitrogens with zero attached hydrogens (tertiary/aromatic N) is 2. The number of aromatic nitrogens is 1. The van der Waals surface area contributed by atoms with E-state index in [0.717, 1.165) is 5.56 Å². The second-order valence-electron chi connectivity index (χ2n) is 3.28. The SMILES string of the molecule is CC(C)NC(=S)N/N=C\c1cccnc1. The lowest BCUT2D eigenvalue weighted by atomic mass is 10.3. The maximum Gasteiger partial charge on any atom is 0.187 e. The average Bonchev–Trinajstić information content (AvgIpc) is 2.18. The molecule has 0 atom stereocenters. The van der Waals surface area contributed by atoms with E-state index >= 15 is 0 Å². The number of hydrogen-bond acceptors (Lipinski definition) is 3. The van der Waals surface area contributed by atoms with E-state index in [0.29, 0.717) is 11.2 Å².